The van der Waals surface area contributed by atoms with E-state index in [4.69, 9.17) is 0 Å². The molecule has 1 aliphatic heterocycles. The summed E-state index contributed by atoms with van der Waals surface area (Å²) in [5, 5.41) is 2.54. The Labute approximate surface area is 148 Å². The summed E-state index contributed by atoms with van der Waals surface area (Å²) in [6, 6.07) is 4.88. The quantitative estimate of drug-likeness (QED) is 0.747. The van der Waals surface area contributed by atoms with E-state index < -0.39 is 16.1 Å². The van der Waals surface area contributed by atoms with E-state index in [1.165, 1.54) is 24.3 Å². The summed E-state index contributed by atoms with van der Waals surface area (Å²) in [6.07, 6.45) is 4.12. The Hall–Kier alpha value is -2.19. The second kappa shape index (κ2) is 8.26. The van der Waals surface area contributed by atoms with E-state index in [2.05, 4.69) is 16.6 Å². The van der Waals surface area contributed by atoms with Gasteiger partial charge in [-0.3, -0.25) is 9.59 Å². The summed E-state index contributed by atoms with van der Waals surface area (Å²) in [5.41, 5.74) is 0.460. The van der Waals surface area contributed by atoms with Crippen LogP contribution in [0.15, 0.2) is 41.8 Å². The molecule has 1 unspecified atom stereocenters. The number of rotatable bonds is 6. The highest BCUT2D eigenvalue weighted by Crippen LogP contribution is 2.15. The zero-order chi connectivity index (χ0) is 18.4. The standard InChI is InChI=1S/C17H23N3O4S/c1-3-16(21)18-14-7-9-15(10-8-14)25(23,24)19-13(2)17(22)20-11-5-4-6-12-20/h3,7-10,13,19H,1,4-6,11-12H2,2H3,(H,18,21). The lowest BCUT2D eigenvalue weighted by molar-refractivity contribution is -0.133. The first kappa shape index (κ1) is 19.1. The number of likely N-dealkylation sites (tertiary alicyclic amines) is 1. The van der Waals surface area contributed by atoms with E-state index in [9.17, 15) is 18.0 Å². The predicted molar refractivity (Wildman–Crippen MR) is 95.5 cm³/mol. The van der Waals surface area contributed by atoms with Crippen molar-refractivity contribution >= 4 is 27.5 Å². The SMILES string of the molecule is C=CC(=O)Nc1ccc(S(=O)(=O)NC(C)C(=O)N2CCCCC2)cc1. The number of hydrogen-bond acceptors (Lipinski definition) is 4. The summed E-state index contributed by atoms with van der Waals surface area (Å²) in [6.45, 7) is 6.23. The van der Waals surface area contributed by atoms with Gasteiger partial charge in [-0.1, -0.05) is 6.58 Å². The zero-order valence-electron chi connectivity index (χ0n) is 14.2. The fraction of sp³-hybridized carbons (Fsp3) is 0.412. The Balaban J connectivity index is 2.03. The summed E-state index contributed by atoms with van der Waals surface area (Å²) < 4.78 is 27.3. The molecule has 1 fully saturated rings. The average molecular weight is 365 g/mol. The van der Waals surface area contributed by atoms with E-state index in [-0.39, 0.29) is 16.7 Å². The van der Waals surface area contributed by atoms with Crippen molar-refractivity contribution in [1.82, 2.24) is 9.62 Å². The molecule has 0 aromatic heterocycles. The molecule has 2 rings (SSSR count). The molecule has 0 aliphatic carbocycles. The van der Waals surface area contributed by atoms with Gasteiger partial charge in [0.15, 0.2) is 0 Å². The Morgan fingerprint density at radius 1 is 1.16 bits per heavy atom. The highest BCUT2D eigenvalue weighted by molar-refractivity contribution is 7.89. The molecule has 136 valence electrons. The number of nitrogens with one attached hydrogen (secondary N) is 2. The van der Waals surface area contributed by atoms with Crippen molar-refractivity contribution in [2.75, 3.05) is 18.4 Å². The fourth-order valence-electron chi connectivity index (χ4n) is 2.65. The monoisotopic (exact) mass is 365 g/mol. The Morgan fingerprint density at radius 3 is 2.32 bits per heavy atom. The number of anilines is 1. The minimum atomic E-state index is -3.82. The van der Waals surface area contributed by atoms with Gasteiger partial charge >= 0.3 is 0 Å². The molecular weight excluding hydrogens is 342 g/mol. The lowest BCUT2D eigenvalue weighted by atomic mass is 10.1. The second-order valence-electron chi connectivity index (χ2n) is 5.95. The molecule has 1 aliphatic rings. The van der Waals surface area contributed by atoms with Crippen LogP contribution in [0.3, 0.4) is 0 Å². The number of hydrogen-bond donors (Lipinski definition) is 2. The van der Waals surface area contributed by atoms with Crippen molar-refractivity contribution in [3.05, 3.63) is 36.9 Å². The third-order valence-corrected chi connectivity index (χ3v) is 5.54. The van der Waals surface area contributed by atoms with E-state index >= 15 is 0 Å². The average Bonchev–Trinajstić information content (AvgIpc) is 2.61. The molecular formula is C17H23N3O4S. The van der Waals surface area contributed by atoms with Crippen LogP contribution in [0.5, 0.6) is 0 Å². The normalized spacial score (nSPS) is 16.1. The van der Waals surface area contributed by atoms with Gasteiger partial charge in [-0.2, -0.15) is 4.72 Å². The summed E-state index contributed by atoms with van der Waals surface area (Å²) in [5.74, 6) is -0.590. The van der Waals surface area contributed by atoms with Gasteiger partial charge in [0.05, 0.1) is 10.9 Å². The highest BCUT2D eigenvalue weighted by Gasteiger charge is 2.26. The van der Waals surface area contributed by atoms with Gasteiger partial charge in [0.1, 0.15) is 0 Å². The van der Waals surface area contributed by atoms with Crippen LogP contribution in [0.2, 0.25) is 0 Å². The van der Waals surface area contributed by atoms with Gasteiger partial charge in [-0.25, -0.2) is 8.42 Å². The number of benzene rings is 1. The number of nitrogens with zero attached hydrogens (tertiary/aromatic N) is 1. The minimum absolute atomic E-state index is 0.0300. The van der Waals surface area contributed by atoms with Gasteiger partial charge in [0.25, 0.3) is 0 Å². The van der Waals surface area contributed by atoms with Crippen LogP contribution < -0.4 is 10.0 Å². The Bertz CT molecular complexity index is 738. The van der Waals surface area contributed by atoms with Crippen LogP contribution in [-0.2, 0) is 19.6 Å². The lowest BCUT2D eigenvalue weighted by Gasteiger charge is -2.29. The molecule has 1 atom stereocenters. The molecule has 1 heterocycles. The van der Waals surface area contributed by atoms with Crippen LogP contribution in [0.1, 0.15) is 26.2 Å². The third kappa shape index (κ3) is 5.14. The molecule has 8 heteroatoms. The van der Waals surface area contributed by atoms with Crippen LogP contribution in [-0.4, -0.2) is 44.3 Å². The zero-order valence-corrected chi connectivity index (χ0v) is 15.0. The topological polar surface area (TPSA) is 95.6 Å². The molecule has 1 saturated heterocycles. The van der Waals surface area contributed by atoms with E-state index in [1.54, 1.807) is 11.8 Å². The number of carbonyl (C=O) groups excluding carboxylic acids is 2. The van der Waals surface area contributed by atoms with Crippen molar-refractivity contribution in [1.29, 1.82) is 0 Å². The van der Waals surface area contributed by atoms with Crippen LogP contribution >= 0.6 is 0 Å². The molecule has 0 bridgehead atoms. The highest BCUT2D eigenvalue weighted by atomic mass is 32.2. The van der Waals surface area contributed by atoms with Gasteiger partial charge in [-0.05, 0) is 56.5 Å². The first-order chi connectivity index (χ1) is 11.8. The molecule has 0 radical (unpaired) electrons. The van der Waals surface area contributed by atoms with Gasteiger partial charge in [0, 0.05) is 18.8 Å². The van der Waals surface area contributed by atoms with Crippen molar-refractivity contribution in [2.45, 2.75) is 37.1 Å². The first-order valence-corrected chi connectivity index (χ1v) is 9.66. The summed E-state index contributed by atoms with van der Waals surface area (Å²) >= 11 is 0. The fourth-order valence-corrected chi connectivity index (χ4v) is 3.85. The van der Waals surface area contributed by atoms with Gasteiger partial charge < -0.3 is 10.2 Å². The van der Waals surface area contributed by atoms with Crippen LogP contribution in [0, 0.1) is 0 Å². The van der Waals surface area contributed by atoms with Crippen molar-refractivity contribution < 1.29 is 18.0 Å². The Kier molecular flexibility index (Phi) is 6.33. The van der Waals surface area contributed by atoms with E-state index in [0.717, 1.165) is 25.3 Å². The number of sulfonamides is 1. The Morgan fingerprint density at radius 2 is 1.76 bits per heavy atom. The summed E-state index contributed by atoms with van der Waals surface area (Å²) in [7, 11) is -3.82. The second-order valence-corrected chi connectivity index (χ2v) is 7.66. The minimum Gasteiger partial charge on any atom is -0.341 e. The maximum atomic E-state index is 12.4. The van der Waals surface area contributed by atoms with Crippen molar-refractivity contribution in [3.63, 3.8) is 0 Å². The van der Waals surface area contributed by atoms with Crippen molar-refractivity contribution in [2.24, 2.45) is 0 Å². The molecule has 0 saturated carbocycles. The van der Waals surface area contributed by atoms with E-state index in [0.29, 0.717) is 18.8 Å². The number of piperidine rings is 1. The van der Waals surface area contributed by atoms with Gasteiger partial charge in [-0.15, -0.1) is 0 Å². The number of carbonyl (C=O) groups is 2. The van der Waals surface area contributed by atoms with Crippen LogP contribution in [0.4, 0.5) is 5.69 Å². The van der Waals surface area contributed by atoms with Crippen LogP contribution in [0.25, 0.3) is 0 Å². The third-order valence-electron chi connectivity index (χ3n) is 3.99. The van der Waals surface area contributed by atoms with Gasteiger partial charge in [0.2, 0.25) is 21.8 Å². The molecule has 1 aromatic carbocycles. The molecule has 0 spiro atoms. The predicted octanol–water partition coefficient (Wildman–Crippen LogP) is 1.49. The maximum Gasteiger partial charge on any atom is 0.247 e. The molecule has 1 aromatic rings. The molecule has 2 N–H and O–H groups in total. The van der Waals surface area contributed by atoms with Crippen molar-refractivity contribution in [3.8, 4) is 0 Å². The smallest absolute Gasteiger partial charge is 0.247 e. The maximum absolute atomic E-state index is 12.4. The lowest BCUT2D eigenvalue weighted by Crippen LogP contribution is -2.48. The molecule has 2 amide bonds. The number of amides is 2. The molecule has 25 heavy (non-hydrogen) atoms. The summed E-state index contributed by atoms with van der Waals surface area (Å²) in [4.78, 5) is 25.3. The molecule has 7 nitrogen and oxygen atoms in total. The first-order valence-electron chi connectivity index (χ1n) is 8.18. The largest absolute Gasteiger partial charge is 0.341 e. The van der Waals surface area contributed by atoms with E-state index in [1.807, 2.05) is 0 Å².